The Bertz CT molecular complexity index is 659. The second-order valence-electron chi connectivity index (χ2n) is 3.48. The lowest BCUT2D eigenvalue weighted by molar-refractivity contribution is -0.134. The maximum atomic E-state index is 10.9. The minimum absolute atomic E-state index is 0.451. The molecule has 0 aliphatic carbocycles. The van der Waals surface area contributed by atoms with Crippen molar-refractivity contribution in [3.05, 3.63) is 42.2 Å². The van der Waals surface area contributed by atoms with Gasteiger partial charge >= 0.3 is 11.9 Å². The lowest BCUT2D eigenvalue weighted by Crippen LogP contribution is -2.11. The first-order valence-corrected chi connectivity index (χ1v) is 5.27. The highest BCUT2D eigenvalue weighted by molar-refractivity contribution is 6.03. The monoisotopic (exact) mass is 277 g/mol. The van der Waals surface area contributed by atoms with Crippen molar-refractivity contribution in [3.8, 4) is 0 Å². The molecule has 0 atom stereocenters. The summed E-state index contributed by atoms with van der Waals surface area (Å²) in [4.78, 5) is 36.9. The third-order valence-electron chi connectivity index (χ3n) is 2.08. The van der Waals surface area contributed by atoms with Crippen LogP contribution in [0.5, 0.6) is 0 Å². The number of aromatic amines is 1. The van der Waals surface area contributed by atoms with Gasteiger partial charge in [-0.15, -0.1) is 0 Å². The lowest BCUT2D eigenvalue weighted by atomic mass is 10.2. The number of carbonyl (C=O) groups excluding carboxylic acids is 1. The summed E-state index contributed by atoms with van der Waals surface area (Å²) in [6.45, 7) is 0. The molecule has 1 aromatic heterocycles. The van der Waals surface area contributed by atoms with Crippen molar-refractivity contribution in [2.45, 2.75) is 0 Å². The number of benzene rings is 1. The van der Waals surface area contributed by atoms with Crippen molar-refractivity contribution in [2.24, 2.45) is 5.73 Å². The lowest BCUT2D eigenvalue weighted by Gasteiger charge is -1.94. The van der Waals surface area contributed by atoms with Crippen molar-refractivity contribution < 1.29 is 24.6 Å². The molecule has 8 nitrogen and oxygen atoms in total. The number of hydrogen-bond acceptors (Lipinski definition) is 4. The van der Waals surface area contributed by atoms with Crippen molar-refractivity contribution >= 4 is 28.9 Å². The summed E-state index contributed by atoms with van der Waals surface area (Å²) in [5.74, 6) is -2.97. The number of aliphatic carboxylic acids is 2. The maximum absolute atomic E-state index is 10.9. The number of carbonyl (C=O) groups is 3. The van der Waals surface area contributed by atoms with Gasteiger partial charge in [0.15, 0.2) is 0 Å². The number of fused-ring (bicyclic) bond motifs is 1. The van der Waals surface area contributed by atoms with E-state index in [9.17, 15) is 14.4 Å². The largest absolute Gasteiger partial charge is 0.478 e. The molecule has 0 bridgehead atoms. The summed E-state index contributed by atoms with van der Waals surface area (Å²) in [5.41, 5.74) is 7.05. The van der Waals surface area contributed by atoms with E-state index >= 15 is 0 Å². The number of carboxylic acids is 2. The summed E-state index contributed by atoms with van der Waals surface area (Å²) in [5, 5.41) is 15.6. The predicted molar refractivity (Wildman–Crippen MR) is 69.0 cm³/mol. The molecule has 0 saturated heterocycles. The number of primary amides is 1. The van der Waals surface area contributed by atoms with Crippen LogP contribution in [0.2, 0.25) is 0 Å². The number of imidazole rings is 1. The Morgan fingerprint density at radius 1 is 1.15 bits per heavy atom. The van der Waals surface area contributed by atoms with Crippen LogP contribution in [0.15, 0.2) is 36.7 Å². The number of H-pyrrole nitrogens is 1. The van der Waals surface area contributed by atoms with E-state index in [1.54, 1.807) is 12.1 Å². The topological polar surface area (TPSA) is 146 Å². The average Bonchev–Trinajstić information content (AvgIpc) is 2.84. The molecule has 0 spiro atoms. The van der Waals surface area contributed by atoms with E-state index in [-0.39, 0.29) is 0 Å². The average molecular weight is 277 g/mol. The first-order chi connectivity index (χ1) is 9.41. The number of amides is 1. The Hall–Kier alpha value is -3.16. The smallest absolute Gasteiger partial charge is 0.328 e. The van der Waals surface area contributed by atoms with Crippen molar-refractivity contribution in [2.75, 3.05) is 0 Å². The molecule has 2 rings (SSSR count). The predicted octanol–water partition coefficient (Wildman–Crippen LogP) is 0.374. The molecule has 0 aliphatic rings. The van der Waals surface area contributed by atoms with Gasteiger partial charge in [0, 0.05) is 12.2 Å². The number of carboxylic acid groups (broad SMARTS) is 2. The molecule has 0 radical (unpaired) electrons. The summed E-state index contributed by atoms with van der Waals surface area (Å²) in [6, 6.07) is 5.26. The fraction of sp³-hybridized carbons (Fsp3) is 0. The van der Waals surface area contributed by atoms with E-state index in [2.05, 4.69) is 9.97 Å². The van der Waals surface area contributed by atoms with Crippen LogP contribution in [0.1, 0.15) is 10.4 Å². The van der Waals surface area contributed by atoms with E-state index in [0.29, 0.717) is 23.2 Å². The number of nitrogens with two attached hydrogens (primary N) is 1. The quantitative estimate of drug-likeness (QED) is 0.596. The van der Waals surface area contributed by atoms with Crippen LogP contribution in [0.3, 0.4) is 0 Å². The molecule has 2 aromatic rings. The van der Waals surface area contributed by atoms with E-state index in [4.69, 9.17) is 15.9 Å². The first kappa shape index (κ1) is 14.9. The van der Waals surface area contributed by atoms with Gasteiger partial charge in [0.25, 0.3) is 5.91 Å². The van der Waals surface area contributed by atoms with E-state index in [0.717, 1.165) is 5.52 Å². The SMILES string of the molecule is NC(=O)c1cccc2[nH]cnc12.O=C(O)C=CC(=O)O. The van der Waals surface area contributed by atoms with Gasteiger partial charge in [-0.05, 0) is 12.1 Å². The normalized spacial score (nSPS) is 10.0. The Kier molecular flexibility index (Phi) is 4.98. The van der Waals surface area contributed by atoms with Crippen LogP contribution in [-0.2, 0) is 9.59 Å². The number of nitrogens with zero attached hydrogens (tertiary/aromatic N) is 1. The van der Waals surface area contributed by atoms with Crippen LogP contribution in [-0.4, -0.2) is 38.0 Å². The van der Waals surface area contributed by atoms with Gasteiger partial charge in [0.2, 0.25) is 0 Å². The van der Waals surface area contributed by atoms with Crippen LogP contribution in [0.4, 0.5) is 0 Å². The highest BCUT2D eigenvalue weighted by Gasteiger charge is 2.06. The molecule has 0 saturated carbocycles. The van der Waals surface area contributed by atoms with Crippen molar-refractivity contribution in [1.29, 1.82) is 0 Å². The molecule has 104 valence electrons. The molecule has 1 amide bonds. The van der Waals surface area contributed by atoms with Crippen molar-refractivity contribution in [1.82, 2.24) is 9.97 Å². The first-order valence-electron chi connectivity index (χ1n) is 5.27. The zero-order valence-corrected chi connectivity index (χ0v) is 10.1. The Balaban J connectivity index is 0.000000221. The molecule has 0 fully saturated rings. The highest BCUT2D eigenvalue weighted by Crippen LogP contribution is 2.13. The van der Waals surface area contributed by atoms with Crippen LogP contribution in [0, 0.1) is 0 Å². The van der Waals surface area contributed by atoms with Gasteiger partial charge in [0.05, 0.1) is 17.4 Å². The molecule has 5 N–H and O–H groups in total. The number of para-hydroxylation sites is 1. The molecule has 1 aromatic carbocycles. The second kappa shape index (κ2) is 6.69. The molecular weight excluding hydrogens is 266 g/mol. The standard InChI is InChI=1S/C8H7N3O.C4H4O4/c9-8(12)5-2-1-3-6-7(5)11-4-10-6;5-3(6)1-2-4(7)8/h1-4H,(H2,9,12)(H,10,11);1-2H,(H,5,6)(H,7,8). The third-order valence-corrected chi connectivity index (χ3v) is 2.08. The van der Waals surface area contributed by atoms with Crippen molar-refractivity contribution in [3.63, 3.8) is 0 Å². The molecular formula is C12H11N3O5. The highest BCUT2D eigenvalue weighted by atomic mass is 16.4. The Labute approximate surface area is 112 Å². The molecule has 1 heterocycles. The second-order valence-corrected chi connectivity index (χ2v) is 3.48. The van der Waals surface area contributed by atoms with Crippen LogP contribution in [0.25, 0.3) is 11.0 Å². The van der Waals surface area contributed by atoms with Gasteiger partial charge in [-0.2, -0.15) is 0 Å². The number of aromatic nitrogens is 2. The van der Waals surface area contributed by atoms with Gasteiger partial charge in [-0.3, -0.25) is 4.79 Å². The summed E-state index contributed by atoms with van der Waals surface area (Å²) in [6.07, 6.45) is 2.65. The minimum atomic E-state index is -1.26. The fourth-order valence-corrected chi connectivity index (χ4v) is 1.31. The summed E-state index contributed by atoms with van der Waals surface area (Å²) < 4.78 is 0. The summed E-state index contributed by atoms with van der Waals surface area (Å²) >= 11 is 0. The zero-order valence-electron chi connectivity index (χ0n) is 10.1. The molecule has 20 heavy (non-hydrogen) atoms. The Morgan fingerprint density at radius 3 is 2.25 bits per heavy atom. The minimum Gasteiger partial charge on any atom is -0.478 e. The molecule has 0 aliphatic heterocycles. The summed E-state index contributed by atoms with van der Waals surface area (Å²) in [7, 11) is 0. The number of rotatable bonds is 3. The van der Waals surface area contributed by atoms with E-state index in [1.165, 1.54) is 6.33 Å². The number of nitrogens with one attached hydrogen (secondary N) is 1. The van der Waals surface area contributed by atoms with Crippen LogP contribution >= 0.6 is 0 Å². The Morgan fingerprint density at radius 2 is 1.75 bits per heavy atom. The van der Waals surface area contributed by atoms with E-state index in [1.807, 2.05) is 6.07 Å². The van der Waals surface area contributed by atoms with Gasteiger partial charge < -0.3 is 20.9 Å². The maximum Gasteiger partial charge on any atom is 0.328 e. The van der Waals surface area contributed by atoms with Crippen LogP contribution < -0.4 is 5.73 Å². The van der Waals surface area contributed by atoms with Gasteiger partial charge in [-0.25, -0.2) is 14.6 Å². The number of hydrogen-bond donors (Lipinski definition) is 4. The fourth-order valence-electron chi connectivity index (χ4n) is 1.31. The molecule has 0 unspecified atom stereocenters. The van der Waals surface area contributed by atoms with Gasteiger partial charge in [-0.1, -0.05) is 6.07 Å². The van der Waals surface area contributed by atoms with E-state index < -0.39 is 17.8 Å². The molecule has 8 heteroatoms. The van der Waals surface area contributed by atoms with Gasteiger partial charge in [0.1, 0.15) is 5.52 Å². The zero-order chi connectivity index (χ0) is 15.1. The third kappa shape index (κ3) is 4.26.